The lowest BCUT2D eigenvalue weighted by Crippen LogP contribution is -2.59. The molecule has 1 saturated carbocycles. The third-order valence-corrected chi connectivity index (χ3v) is 4.47. The first kappa shape index (κ1) is 14.3. The highest BCUT2D eigenvalue weighted by molar-refractivity contribution is 5.85. The van der Waals surface area contributed by atoms with Gasteiger partial charge in [-0.1, -0.05) is 19.8 Å². The third kappa shape index (κ3) is 3.08. The van der Waals surface area contributed by atoms with Crippen molar-refractivity contribution >= 4 is 11.9 Å². The molecule has 1 amide bonds. The number of nitrogens with zero attached hydrogens (tertiary/aromatic N) is 1. The van der Waals surface area contributed by atoms with E-state index >= 15 is 0 Å². The van der Waals surface area contributed by atoms with Crippen LogP contribution in [-0.2, 0) is 9.59 Å². The number of amides is 1. The monoisotopic (exact) mass is 268 g/mol. The average molecular weight is 268 g/mol. The molecule has 1 heterocycles. The molecule has 19 heavy (non-hydrogen) atoms. The molecule has 2 aliphatic rings. The van der Waals surface area contributed by atoms with Gasteiger partial charge in [-0.15, -0.1) is 0 Å². The number of carbonyl (C=O) groups is 2. The summed E-state index contributed by atoms with van der Waals surface area (Å²) in [5.41, 5.74) is 0. The van der Waals surface area contributed by atoms with E-state index in [1.54, 1.807) is 4.90 Å². The number of aliphatic carboxylic acids is 1. The SMILES string of the molecule is CCNCC(=O)N1C(C(=O)O)CCC2CCCCC21. The van der Waals surface area contributed by atoms with Crippen molar-refractivity contribution in [2.24, 2.45) is 5.92 Å². The molecule has 1 saturated heterocycles. The maximum Gasteiger partial charge on any atom is 0.326 e. The fourth-order valence-corrected chi connectivity index (χ4v) is 3.56. The summed E-state index contributed by atoms with van der Waals surface area (Å²) in [6.07, 6.45) is 5.99. The zero-order valence-corrected chi connectivity index (χ0v) is 11.6. The van der Waals surface area contributed by atoms with Crippen LogP contribution in [0.1, 0.15) is 45.4 Å². The van der Waals surface area contributed by atoms with Crippen molar-refractivity contribution in [3.8, 4) is 0 Å². The molecule has 3 atom stereocenters. The van der Waals surface area contributed by atoms with Crippen LogP contribution >= 0.6 is 0 Å². The van der Waals surface area contributed by atoms with Gasteiger partial charge in [0.25, 0.3) is 0 Å². The van der Waals surface area contributed by atoms with Gasteiger partial charge >= 0.3 is 5.97 Å². The molecule has 0 radical (unpaired) electrons. The van der Waals surface area contributed by atoms with E-state index in [1.165, 1.54) is 6.42 Å². The van der Waals surface area contributed by atoms with Crippen LogP contribution in [0.4, 0.5) is 0 Å². The Balaban J connectivity index is 2.14. The third-order valence-electron chi connectivity index (χ3n) is 4.47. The normalized spacial score (nSPS) is 30.8. The Morgan fingerprint density at radius 3 is 2.63 bits per heavy atom. The van der Waals surface area contributed by atoms with Gasteiger partial charge in [0.1, 0.15) is 6.04 Å². The summed E-state index contributed by atoms with van der Waals surface area (Å²) in [5, 5.41) is 12.4. The first-order valence-corrected chi connectivity index (χ1v) is 7.39. The number of likely N-dealkylation sites (tertiary alicyclic amines) is 1. The van der Waals surface area contributed by atoms with Crippen molar-refractivity contribution < 1.29 is 14.7 Å². The standard InChI is InChI=1S/C14H24N2O3/c1-2-15-9-13(17)16-11-6-4-3-5-10(11)7-8-12(16)14(18)19/h10-12,15H,2-9H2,1H3,(H,18,19). The maximum atomic E-state index is 12.3. The Morgan fingerprint density at radius 2 is 1.95 bits per heavy atom. The molecule has 2 rings (SSSR count). The van der Waals surface area contributed by atoms with Gasteiger partial charge in [0.15, 0.2) is 0 Å². The average Bonchev–Trinajstić information content (AvgIpc) is 2.43. The zero-order valence-electron chi connectivity index (χ0n) is 11.6. The topological polar surface area (TPSA) is 69.6 Å². The Morgan fingerprint density at radius 1 is 1.21 bits per heavy atom. The van der Waals surface area contributed by atoms with Crippen molar-refractivity contribution in [3.63, 3.8) is 0 Å². The van der Waals surface area contributed by atoms with Crippen LogP contribution in [0.5, 0.6) is 0 Å². The molecular weight excluding hydrogens is 244 g/mol. The van der Waals surface area contributed by atoms with Gasteiger partial charge in [0.05, 0.1) is 6.54 Å². The van der Waals surface area contributed by atoms with E-state index < -0.39 is 12.0 Å². The molecule has 0 aromatic heterocycles. The molecule has 108 valence electrons. The number of likely N-dealkylation sites (N-methyl/N-ethyl adjacent to an activating group) is 1. The maximum absolute atomic E-state index is 12.3. The van der Waals surface area contributed by atoms with Crippen LogP contribution < -0.4 is 5.32 Å². The fourth-order valence-electron chi connectivity index (χ4n) is 3.56. The molecule has 0 aromatic carbocycles. The van der Waals surface area contributed by atoms with Gasteiger partial charge in [-0.3, -0.25) is 4.79 Å². The van der Waals surface area contributed by atoms with Crippen molar-refractivity contribution in [3.05, 3.63) is 0 Å². The lowest BCUT2D eigenvalue weighted by molar-refractivity contribution is -0.157. The smallest absolute Gasteiger partial charge is 0.326 e. The molecule has 3 unspecified atom stereocenters. The van der Waals surface area contributed by atoms with E-state index in [1.807, 2.05) is 6.92 Å². The van der Waals surface area contributed by atoms with E-state index in [9.17, 15) is 14.7 Å². The Kier molecular flexibility index (Phi) is 4.80. The van der Waals surface area contributed by atoms with Crippen molar-refractivity contribution in [2.45, 2.75) is 57.5 Å². The second-order valence-electron chi connectivity index (χ2n) is 5.62. The van der Waals surface area contributed by atoms with Crippen LogP contribution in [-0.4, -0.2) is 47.1 Å². The number of carboxylic acids is 1. The summed E-state index contributed by atoms with van der Waals surface area (Å²) >= 11 is 0. The molecule has 2 N–H and O–H groups in total. The summed E-state index contributed by atoms with van der Waals surface area (Å²) in [6, 6.07) is -0.472. The molecule has 0 aromatic rings. The Labute approximate surface area is 114 Å². The highest BCUT2D eigenvalue weighted by atomic mass is 16.4. The minimum Gasteiger partial charge on any atom is -0.480 e. The van der Waals surface area contributed by atoms with Crippen molar-refractivity contribution in [1.82, 2.24) is 10.2 Å². The van der Waals surface area contributed by atoms with Gasteiger partial charge in [-0.2, -0.15) is 0 Å². The van der Waals surface area contributed by atoms with E-state index in [-0.39, 0.29) is 18.5 Å². The molecule has 5 heteroatoms. The van der Waals surface area contributed by atoms with Gasteiger partial charge in [-0.25, -0.2) is 4.79 Å². The Hall–Kier alpha value is -1.10. The summed E-state index contributed by atoms with van der Waals surface area (Å²) < 4.78 is 0. The number of hydrogen-bond donors (Lipinski definition) is 2. The van der Waals surface area contributed by atoms with E-state index in [0.717, 1.165) is 32.2 Å². The second kappa shape index (κ2) is 6.37. The molecule has 0 spiro atoms. The largest absolute Gasteiger partial charge is 0.480 e. The van der Waals surface area contributed by atoms with E-state index in [0.29, 0.717) is 12.3 Å². The van der Waals surface area contributed by atoms with Crippen LogP contribution in [0.15, 0.2) is 0 Å². The van der Waals surface area contributed by atoms with E-state index in [2.05, 4.69) is 5.32 Å². The summed E-state index contributed by atoms with van der Waals surface area (Å²) in [4.78, 5) is 25.4. The fraction of sp³-hybridized carbons (Fsp3) is 0.857. The van der Waals surface area contributed by atoms with Gasteiger partial charge in [0.2, 0.25) is 5.91 Å². The highest BCUT2D eigenvalue weighted by Gasteiger charge is 2.43. The molecule has 1 aliphatic carbocycles. The predicted molar refractivity (Wildman–Crippen MR) is 71.8 cm³/mol. The molecule has 1 aliphatic heterocycles. The summed E-state index contributed by atoms with van der Waals surface area (Å²) in [5.74, 6) is -0.394. The van der Waals surface area contributed by atoms with Crippen molar-refractivity contribution in [1.29, 1.82) is 0 Å². The number of carbonyl (C=O) groups excluding carboxylic acids is 1. The second-order valence-corrected chi connectivity index (χ2v) is 5.62. The summed E-state index contributed by atoms with van der Waals surface area (Å²) in [6.45, 7) is 2.93. The summed E-state index contributed by atoms with van der Waals surface area (Å²) in [7, 11) is 0. The van der Waals surface area contributed by atoms with E-state index in [4.69, 9.17) is 0 Å². The number of hydrogen-bond acceptors (Lipinski definition) is 3. The number of nitrogens with one attached hydrogen (secondary N) is 1. The molecule has 0 bridgehead atoms. The first-order chi connectivity index (χ1) is 9.15. The van der Waals surface area contributed by atoms with Crippen LogP contribution in [0.25, 0.3) is 0 Å². The minimum absolute atomic E-state index is 0.0501. The van der Waals surface area contributed by atoms with Crippen LogP contribution in [0.3, 0.4) is 0 Å². The molecule has 5 nitrogen and oxygen atoms in total. The number of carboxylic acid groups (broad SMARTS) is 1. The lowest BCUT2D eigenvalue weighted by Gasteiger charge is -2.47. The van der Waals surface area contributed by atoms with Crippen LogP contribution in [0.2, 0.25) is 0 Å². The zero-order chi connectivity index (χ0) is 13.8. The number of rotatable bonds is 4. The van der Waals surface area contributed by atoms with Crippen molar-refractivity contribution in [2.75, 3.05) is 13.1 Å². The van der Waals surface area contributed by atoms with Gasteiger partial charge in [0, 0.05) is 6.04 Å². The predicted octanol–water partition coefficient (Wildman–Crippen LogP) is 1.23. The highest BCUT2D eigenvalue weighted by Crippen LogP contribution is 2.37. The van der Waals surface area contributed by atoms with Gasteiger partial charge < -0.3 is 15.3 Å². The lowest BCUT2D eigenvalue weighted by atomic mass is 9.76. The number of piperidine rings is 1. The minimum atomic E-state index is -0.853. The first-order valence-electron chi connectivity index (χ1n) is 7.39. The molecule has 2 fully saturated rings. The van der Waals surface area contributed by atoms with Gasteiger partial charge in [-0.05, 0) is 38.1 Å². The molecular formula is C14H24N2O3. The quantitative estimate of drug-likeness (QED) is 0.804. The van der Waals surface area contributed by atoms with Crippen LogP contribution in [0, 0.1) is 5.92 Å². The number of fused-ring (bicyclic) bond motifs is 1. The Bertz CT molecular complexity index is 346.